The lowest BCUT2D eigenvalue weighted by Gasteiger charge is -2.08. The molecule has 0 radical (unpaired) electrons. The van der Waals surface area contributed by atoms with Crippen LogP contribution < -0.4 is 0 Å². The molecule has 0 heterocycles. The van der Waals surface area contributed by atoms with Gasteiger partial charge in [-0.25, -0.2) is 4.99 Å². The number of hydrogen-bond acceptors (Lipinski definition) is 3. The zero-order valence-corrected chi connectivity index (χ0v) is 9.57. The van der Waals surface area contributed by atoms with Crippen LogP contribution >= 0.6 is 12.2 Å². The van der Waals surface area contributed by atoms with Crippen LogP contribution in [-0.2, 0) is 0 Å². The van der Waals surface area contributed by atoms with Crippen LogP contribution in [0.5, 0.6) is 0 Å². The van der Waals surface area contributed by atoms with E-state index in [0.29, 0.717) is 0 Å². The first-order valence-electron chi connectivity index (χ1n) is 4.95. The highest BCUT2D eigenvalue weighted by atomic mass is 32.1. The van der Waals surface area contributed by atoms with Crippen molar-refractivity contribution in [3.05, 3.63) is 0 Å². The fourth-order valence-electron chi connectivity index (χ4n) is 1.19. The Morgan fingerprint density at radius 3 is 2.31 bits per heavy atom. The van der Waals surface area contributed by atoms with E-state index in [1.54, 1.807) is 0 Å². The number of thiocarbonyl (C=S) groups is 1. The van der Waals surface area contributed by atoms with Crippen molar-refractivity contribution < 1.29 is 0 Å². The summed E-state index contributed by atoms with van der Waals surface area (Å²) in [6.45, 7) is 2.06. The molecule has 0 rings (SSSR count). The van der Waals surface area contributed by atoms with Gasteiger partial charge in [0.05, 0.1) is 5.16 Å². The second-order valence-electron chi connectivity index (χ2n) is 3.54. The van der Waals surface area contributed by atoms with E-state index in [1.807, 2.05) is 0 Å². The molecule has 0 spiro atoms. The van der Waals surface area contributed by atoms with Gasteiger partial charge in [0.25, 0.3) is 0 Å². The summed E-state index contributed by atoms with van der Waals surface area (Å²) in [5, 5.41) is 2.39. The second kappa shape index (κ2) is 9.85. The Morgan fingerprint density at radius 2 is 1.69 bits per heavy atom. The third-order valence-corrected chi connectivity index (χ3v) is 2.07. The molecule has 13 heavy (non-hydrogen) atoms. The zero-order valence-electron chi connectivity index (χ0n) is 8.75. The molecule has 0 aromatic heterocycles. The van der Waals surface area contributed by atoms with Gasteiger partial charge in [-0.15, -0.1) is 0 Å². The van der Waals surface area contributed by atoms with Crippen molar-refractivity contribution in [3.63, 3.8) is 0 Å². The number of aliphatic imine (C=N–C) groups is 1. The summed E-state index contributed by atoms with van der Waals surface area (Å²) in [7, 11) is 4.24. The monoisotopic (exact) mass is 200 g/mol. The molecule has 0 aliphatic heterocycles. The molecule has 3 heteroatoms. The van der Waals surface area contributed by atoms with Crippen LogP contribution in [0.4, 0.5) is 0 Å². The van der Waals surface area contributed by atoms with E-state index in [0.717, 1.165) is 13.0 Å². The molecular weight excluding hydrogens is 180 g/mol. The Labute approximate surface area is 87.0 Å². The largest absolute Gasteiger partial charge is 0.309 e. The van der Waals surface area contributed by atoms with Gasteiger partial charge in [-0.05, 0) is 45.7 Å². The van der Waals surface area contributed by atoms with Crippen molar-refractivity contribution >= 4 is 17.4 Å². The number of isothiocyanates is 1. The van der Waals surface area contributed by atoms with E-state index in [4.69, 9.17) is 0 Å². The summed E-state index contributed by atoms with van der Waals surface area (Å²) in [4.78, 5) is 6.11. The van der Waals surface area contributed by atoms with Gasteiger partial charge in [0, 0.05) is 6.54 Å². The highest BCUT2D eigenvalue weighted by Crippen LogP contribution is 2.03. The lowest BCUT2D eigenvalue weighted by atomic mass is 10.1. The number of hydrogen-bond donors (Lipinski definition) is 0. The maximum Gasteiger partial charge on any atom is 0.0584 e. The molecule has 0 aromatic carbocycles. The van der Waals surface area contributed by atoms with Gasteiger partial charge in [0.2, 0.25) is 0 Å². The Balaban J connectivity index is 2.95. The van der Waals surface area contributed by atoms with Crippen molar-refractivity contribution in [2.75, 3.05) is 27.2 Å². The van der Waals surface area contributed by atoms with Crippen molar-refractivity contribution in [3.8, 4) is 0 Å². The summed E-state index contributed by atoms with van der Waals surface area (Å²) >= 11 is 4.48. The minimum Gasteiger partial charge on any atom is -0.309 e. The van der Waals surface area contributed by atoms with Gasteiger partial charge in [0.15, 0.2) is 0 Å². The normalized spacial score (nSPS) is 10.1. The third kappa shape index (κ3) is 11.8. The molecule has 76 valence electrons. The molecule has 0 aromatic rings. The highest BCUT2D eigenvalue weighted by molar-refractivity contribution is 7.78. The minimum absolute atomic E-state index is 0.858. The van der Waals surface area contributed by atoms with E-state index in [9.17, 15) is 0 Å². The topological polar surface area (TPSA) is 15.6 Å². The summed E-state index contributed by atoms with van der Waals surface area (Å²) in [6.07, 6.45) is 6.39. The highest BCUT2D eigenvalue weighted by Gasteiger charge is 1.91. The minimum atomic E-state index is 0.858. The molecule has 0 fully saturated rings. The van der Waals surface area contributed by atoms with E-state index in [2.05, 4.69) is 41.4 Å². The number of rotatable bonds is 8. The van der Waals surface area contributed by atoms with Crippen molar-refractivity contribution in [1.82, 2.24) is 4.90 Å². The molecule has 0 atom stereocenters. The maximum absolute atomic E-state index is 4.48. The average molecular weight is 200 g/mol. The first-order chi connectivity index (χ1) is 6.27. The molecule has 0 N–H and O–H groups in total. The van der Waals surface area contributed by atoms with Crippen LogP contribution in [0.1, 0.15) is 32.1 Å². The SMILES string of the molecule is CN(C)CCCCCCCN=C=S. The molecule has 0 aliphatic carbocycles. The predicted molar refractivity (Wildman–Crippen MR) is 61.5 cm³/mol. The molecule has 0 saturated heterocycles. The predicted octanol–water partition coefficient (Wildman–Crippen LogP) is 2.60. The van der Waals surface area contributed by atoms with Crippen molar-refractivity contribution in [2.45, 2.75) is 32.1 Å². The Bertz CT molecular complexity index is 151. The van der Waals surface area contributed by atoms with Gasteiger partial charge < -0.3 is 4.90 Å². The molecule has 0 amide bonds. The maximum atomic E-state index is 4.48. The van der Waals surface area contributed by atoms with E-state index >= 15 is 0 Å². The number of nitrogens with zero attached hydrogens (tertiary/aromatic N) is 2. The Hall–Kier alpha value is -0.240. The zero-order chi connectivity index (χ0) is 9.94. The molecule has 0 bridgehead atoms. The summed E-state index contributed by atoms with van der Waals surface area (Å²) in [5.74, 6) is 0. The van der Waals surface area contributed by atoms with Gasteiger partial charge in [-0.3, -0.25) is 0 Å². The molecule has 0 aliphatic rings. The third-order valence-electron chi connectivity index (χ3n) is 1.94. The standard InChI is InChI=1S/C10H20N2S/c1-12(2)9-7-5-3-4-6-8-11-10-13/h3-9H2,1-2H3. The Morgan fingerprint density at radius 1 is 1.08 bits per heavy atom. The first-order valence-corrected chi connectivity index (χ1v) is 5.36. The van der Waals surface area contributed by atoms with Crippen molar-refractivity contribution in [2.24, 2.45) is 4.99 Å². The van der Waals surface area contributed by atoms with Crippen LogP contribution in [0.3, 0.4) is 0 Å². The lowest BCUT2D eigenvalue weighted by molar-refractivity contribution is 0.390. The van der Waals surface area contributed by atoms with Crippen LogP contribution in [0.15, 0.2) is 4.99 Å². The molecule has 0 unspecified atom stereocenters. The van der Waals surface area contributed by atoms with Crippen LogP contribution in [0.25, 0.3) is 0 Å². The van der Waals surface area contributed by atoms with Crippen LogP contribution in [0, 0.1) is 0 Å². The van der Waals surface area contributed by atoms with E-state index in [-0.39, 0.29) is 0 Å². The average Bonchev–Trinajstić information content (AvgIpc) is 2.09. The fourth-order valence-corrected chi connectivity index (χ4v) is 1.29. The Kier molecular flexibility index (Phi) is 9.66. The quantitative estimate of drug-likeness (QED) is 0.340. The van der Waals surface area contributed by atoms with Gasteiger partial charge in [0.1, 0.15) is 0 Å². The van der Waals surface area contributed by atoms with Gasteiger partial charge in [-0.1, -0.05) is 19.3 Å². The summed E-state index contributed by atoms with van der Waals surface area (Å²) in [6, 6.07) is 0. The second-order valence-corrected chi connectivity index (χ2v) is 3.73. The van der Waals surface area contributed by atoms with Gasteiger partial charge in [-0.2, -0.15) is 0 Å². The lowest BCUT2D eigenvalue weighted by Crippen LogP contribution is -2.12. The van der Waals surface area contributed by atoms with E-state index in [1.165, 1.54) is 32.2 Å². The van der Waals surface area contributed by atoms with E-state index < -0.39 is 0 Å². The molecule has 0 saturated carbocycles. The van der Waals surface area contributed by atoms with Crippen molar-refractivity contribution in [1.29, 1.82) is 0 Å². The number of unbranched alkanes of at least 4 members (excludes halogenated alkanes) is 4. The smallest absolute Gasteiger partial charge is 0.0584 e. The molecular formula is C10H20N2S. The molecule has 2 nitrogen and oxygen atoms in total. The summed E-state index contributed by atoms with van der Waals surface area (Å²) < 4.78 is 0. The van der Waals surface area contributed by atoms with Gasteiger partial charge >= 0.3 is 0 Å². The van der Waals surface area contributed by atoms with Crippen LogP contribution in [0.2, 0.25) is 0 Å². The van der Waals surface area contributed by atoms with Crippen LogP contribution in [-0.4, -0.2) is 37.2 Å². The summed E-state index contributed by atoms with van der Waals surface area (Å²) in [5.41, 5.74) is 0. The fraction of sp³-hybridized carbons (Fsp3) is 0.900. The first kappa shape index (κ1) is 12.8.